The summed E-state index contributed by atoms with van der Waals surface area (Å²) < 4.78 is 7.45. The second kappa shape index (κ2) is 5.53. The normalized spacial score (nSPS) is 10.6. The fourth-order valence-corrected chi connectivity index (χ4v) is 2.16. The van der Waals surface area contributed by atoms with E-state index in [0.717, 1.165) is 4.47 Å². The van der Waals surface area contributed by atoms with Gasteiger partial charge in [-0.2, -0.15) is 5.10 Å². The first-order valence-corrected chi connectivity index (χ1v) is 6.91. The second-order valence-corrected chi connectivity index (χ2v) is 5.21. The Morgan fingerprint density at radius 2 is 2.24 bits per heavy atom. The molecular weight excluding hydrogens is 336 g/mol. The Balaban J connectivity index is 1.86. The van der Waals surface area contributed by atoms with Gasteiger partial charge in [0.2, 0.25) is 0 Å². The molecule has 0 saturated carbocycles. The summed E-state index contributed by atoms with van der Waals surface area (Å²) in [5, 5.41) is 6.97. The minimum atomic E-state index is -0.301. The van der Waals surface area contributed by atoms with Crippen molar-refractivity contribution in [2.75, 3.05) is 12.4 Å². The quantitative estimate of drug-likeness (QED) is 0.791. The molecule has 3 aromatic rings. The number of nitrogens with zero attached hydrogens (tertiary/aromatic N) is 3. The number of hydrogen-bond acceptors (Lipinski definition) is 4. The average Bonchev–Trinajstić information content (AvgIpc) is 2.90. The summed E-state index contributed by atoms with van der Waals surface area (Å²) in [5.74, 6) is 0.373. The fourth-order valence-electron chi connectivity index (χ4n) is 1.86. The van der Waals surface area contributed by atoms with Crippen LogP contribution in [0, 0.1) is 0 Å². The van der Waals surface area contributed by atoms with Gasteiger partial charge >= 0.3 is 0 Å². The van der Waals surface area contributed by atoms with Gasteiger partial charge in [-0.05, 0) is 28.1 Å². The summed E-state index contributed by atoms with van der Waals surface area (Å²) in [7, 11) is 1.58. The lowest BCUT2D eigenvalue weighted by atomic mass is 10.3. The van der Waals surface area contributed by atoms with Crippen LogP contribution in [0.4, 0.5) is 5.69 Å². The fraction of sp³-hybridized carbons (Fsp3) is 0.0714. The van der Waals surface area contributed by atoms with Gasteiger partial charge in [0.1, 0.15) is 5.75 Å². The molecule has 106 valence electrons. The van der Waals surface area contributed by atoms with Crippen molar-refractivity contribution < 1.29 is 9.53 Å². The Morgan fingerprint density at radius 3 is 3.05 bits per heavy atom. The van der Waals surface area contributed by atoms with Crippen molar-refractivity contribution in [2.45, 2.75) is 0 Å². The van der Waals surface area contributed by atoms with Crippen LogP contribution in [0.3, 0.4) is 0 Å². The third-order valence-electron chi connectivity index (χ3n) is 2.84. The zero-order chi connectivity index (χ0) is 14.8. The van der Waals surface area contributed by atoms with Gasteiger partial charge in [0.05, 0.1) is 11.6 Å². The summed E-state index contributed by atoms with van der Waals surface area (Å²) in [4.78, 5) is 16.4. The van der Waals surface area contributed by atoms with Gasteiger partial charge in [0.25, 0.3) is 5.91 Å². The van der Waals surface area contributed by atoms with Crippen molar-refractivity contribution in [3.63, 3.8) is 0 Å². The summed E-state index contributed by atoms with van der Waals surface area (Å²) >= 11 is 3.31. The maximum absolute atomic E-state index is 12.2. The van der Waals surface area contributed by atoms with E-state index in [1.54, 1.807) is 48.3 Å². The summed E-state index contributed by atoms with van der Waals surface area (Å²) in [6, 6.07) is 8.76. The van der Waals surface area contributed by atoms with E-state index in [9.17, 15) is 4.79 Å². The molecule has 3 rings (SSSR count). The van der Waals surface area contributed by atoms with Crippen LogP contribution in [-0.4, -0.2) is 27.6 Å². The molecule has 6 nitrogen and oxygen atoms in total. The summed E-state index contributed by atoms with van der Waals surface area (Å²) in [6.45, 7) is 0. The molecule has 1 N–H and O–H groups in total. The topological polar surface area (TPSA) is 68.5 Å². The molecule has 0 radical (unpaired) electrons. The Morgan fingerprint density at radius 1 is 1.38 bits per heavy atom. The van der Waals surface area contributed by atoms with E-state index >= 15 is 0 Å². The number of benzene rings is 1. The molecule has 2 heterocycles. The van der Waals surface area contributed by atoms with Crippen LogP contribution in [0.1, 0.15) is 10.5 Å². The van der Waals surface area contributed by atoms with Crippen molar-refractivity contribution in [2.24, 2.45) is 0 Å². The lowest BCUT2D eigenvalue weighted by Gasteiger charge is -2.05. The lowest BCUT2D eigenvalue weighted by molar-refractivity contribution is 0.102. The van der Waals surface area contributed by atoms with E-state index in [1.165, 1.54) is 0 Å². The van der Waals surface area contributed by atoms with Crippen LogP contribution in [0.15, 0.2) is 47.2 Å². The Kier molecular flexibility index (Phi) is 3.57. The Bertz CT molecular complexity index is 816. The molecule has 2 aromatic heterocycles. The van der Waals surface area contributed by atoms with Gasteiger partial charge in [0, 0.05) is 30.2 Å². The van der Waals surface area contributed by atoms with Gasteiger partial charge in [-0.15, -0.1) is 0 Å². The average molecular weight is 347 g/mol. The number of amides is 1. The number of nitrogens with one attached hydrogen (secondary N) is 1. The molecule has 0 spiro atoms. The first kappa shape index (κ1) is 13.6. The summed E-state index contributed by atoms with van der Waals surface area (Å²) in [6.07, 6.45) is 3.39. The molecule has 0 aliphatic rings. The van der Waals surface area contributed by atoms with Crippen LogP contribution < -0.4 is 10.1 Å². The zero-order valence-corrected chi connectivity index (χ0v) is 12.7. The molecule has 0 bridgehead atoms. The van der Waals surface area contributed by atoms with E-state index < -0.39 is 0 Å². The highest BCUT2D eigenvalue weighted by Gasteiger charge is 2.12. The summed E-state index contributed by atoms with van der Waals surface area (Å²) in [5.41, 5.74) is 1.54. The standard InChI is InChI=1S/C14H11BrN4O2/c1-21-11-4-2-3-10(5-11)17-14(20)12-6-13-16-7-9(15)8-19(13)18-12/h2-8H,1H3,(H,17,20). The van der Waals surface area contributed by atoms with Gasteiger partial charge in [-0.3, -0.25) is 4.79 Å². The molecule has 0 fully saturated rings. The van der Waals surface area contributed by atoms with Crippen LogP contribution >= 0.6 is 15.9 Å². The Hall–Kier alpha value is -2.41. The van der Waals surface area contributed by atoms with Gasteiger partial charge in [-0.1, -0.05) is 6.07 Å². The molecule has 0 atom stereocenters. The third-order valence-corrected chi connectivity index (χ3v) is 3.25. The molecule has 21 heavy (non-hydrogen) atoms. The van der Waals surface area contributed by atoms with Crippen molar-refractivity contribution in [1.29, 1.82) is 0 Å². The SMILES string of the molecule is COc1cccc(NC(=O)c2cc3ncc(Br)cn3n2)c1. The number of methoxy groups -OCH3 is 1. The predicted octanol–water partition coefficient (Wildman–Crippen LogP) is 2.75. The van der Waals surface area contributed by atoms with Crippen molar-refractivity contribution in [3.05, 3.63) is 52.9 Å². The van der Waals surface area contributed by atoms with E-state index in [-0.39, 0.29) is 5.91 Å². The lowest BCUT2D eigenvalue weighted by Crippen LogP contribution is -2.12. The minimum Gasteiger partial charge on any atom is -0.497 e. The van der Waals surface area contributed by atoms with Gasteiger partial charge < -0.3 is 10.1 Å². The number of aromatic nitrogens is 3. The number of hydrogen-bond donors (Lipinski definition) is 1. The Labute approximate surface area is 128 Å². The van der Waals surface area contributed by atoms with Gasteiger partial charge in [-0.25, -0.2) is 9.50 Å². The second-order valence-electron chi connectivity index (χ2n) is 4.29. The van der Waals surface area contributed by atoms with E-state index in [1.807, 2.05) is 6.07 Å². The van der Waals surface area contributed by atoms with Crippen LogP contribution in [0.25, 0.3) is 5.65 Å². The van der Waals surface area contributed by atoms with Crippen LogP contribution in [0.5, 0.6) is 5.75 Å². The van der Waals surface area contributed by atoms with E-state index in [4.69, 9.17) is 4.74 Å². The number of ether oxygens (including phenoxy) is 1. The molecule has 0 aliphatic carbocycles. The highest BCUT2D eigenvalue weighted by Crippen LogP contribution is 2.17. The highest BCUT2D eigenvalue weighted by atomic mass is 79.9. The van der Waals surface area contributed by atoms with Gasteiger partial charge in [0.15, 0.2) is 11.3 Å². The highest BCUT2D eigenvalue weighted by molar-refractivity contribution is 9.10. The largest absolute Gasteiger partial charge is 0.497 e. The van der Waals surface area contributed by atoms with Crippen LogP contribution in [-0.2, 0) is 0 Å². The first-order valence-electron chi connectivity index (χ1n) is 6.12. The molecule has 0 saturated heterocycles. The minimum absolute atomic E-state index is 0.295. The maximum atomic E-state index is 12.2. The first-order chi connectivity index (χ1) is 10.2. The number of fused-ring (bicyclic) bond motifs is 1. The molecule has 0 unspecified atom stereocenters. The third kappa shape index (κ3) is 2.87. The number of halogens is 1. The van der Waals surface area contributed by atoms with Crippen LogP contribution in [0.2, 0.25) is 0 Å². The number of anilines is 1. The number of rotatable bonds is 3. The maximum Gasteiger partial charge on any atom is 0.276 e. The molecular formula is C14H11BrN4O2. The van der Waals surface area contributed by atoms with E-state index in [2.05, 4.69) is 31.3 Å². The molecule has 1 amide bonds. The van der Waals surface area contributed by atoms with Crippen molar-refractivity contribution >= 4 is 33.2 Å². The molecule has 7 heteroatoms. The monoisotopic (exact) mass is 346 g/mol. The molecule has 0 aliphatic heterocycles. The van der Waals surface area contributed by atoms with Crippen molar-refractivity contribution in [1.82, 2.24) is 14.6 Å². The van der Waals surface area contributed by atoms with E-state index in [0.29, 0.717) is 22.8 Å². The smallest absolute Gasteiger partial charge is 0.276 e. The molecule has 1 aromatic carbocycles. The number of carbonyl (C=O) groups excluding carboxylic acids is 1. The predicted molar refractivity (Wildman–Crippen MR) is 81.6 cm³/mol. The zero-order valence-electron chi connectivity index (χ0n) is 11.1. The number of carbonyl (C=O) groups is 1. The van der Waals surface area contributed by atoms with Crippen molar-refractivity contribution in [3.8, 4) is 5.75 Å².